The first-order chi connectivity index (χ1) is 11.3. The van der Waals surface area contributed by atoms with Crippen LogP contribution in [0.4, 0.5) is 0 Å². The maximum Gasteiger partial charge on any atom is 0.224 e. The number of amides is 1. The van der Waals surface area contributed by atoms with Gasteiger partial charge in [0, 0.05) is 32.6 Å². The third kappa shape index (κ3) is 5.47. The van der Waals surface area contributed by atoms with Crippen LogP contribution in [0.15, 0.2) is 24.3 Å². The van der Waals surface area contributed by atoms with Crippen molar-refractivity contribution in [1.82, 2.24) is 14.5 Å². The first kappa shape index (κ1) is 18.7. The quantitative estimate of drug-likeness (QED) is 0.802. The number of likely N-dealkylation sites (N-methyl/N-ethyl adjacent to an activating group) is 1. The van der Waals surface area contributed by atoms with Gasteiger partial charge in [0.25, 0.3) is 0 Å². The summed E-state index contributed by atoms with van der Waals surface area (Å²) in [6.45, 7) is 3.00. The van der Waals surface area contributed by atoms with E-state index in [4.69, 9.17) is 4.74 Å². The molecular formula is C16H25N3O4S. The Bertz CT molecular complexity index is 652. The molecular weight excluding hydrogens is 330 g/mol. The Morgan fingerprint density at radius 1 is 1.21 bits per heavy atom. The van der Waals surface area contributed by atoms with Gasteiger partial charge in [0.05, 0.1) is 19.4 Å². The predicted octanol–water partition coefficient (Wildman–Crippen LogP) is 0.450. The molecule has 1 amide bonds. The summed E-state index contributed by atoms with van der Waals surface area (Å²) >= 11 is 0. The summed E-state index contributed by atoms with van der Waals surface area (Å²) in [6, 6.07) is 6.48. The van der Waals surface area contributed by atoms with E-state index in [0.717, 1.165) is 24.9 Å². The molecule has 2 rings (SSSR count). The zero-order valence-electron chi connectivity index (χ0n) is 14.4. The summed E-state index contributed by atoms with van der Waals surface area (Å²) in [6.07, 6.45) is 1.20. The number of carbonyl (C=O) groups is 1. The summed E-state index contributed by atoms with van der Waals surface area (Å²) in [5.41, 5.74) is 0.740. The van der Waals surface area contributed by atoms with Crippen molar-refractivity contribution in [3.8, 4) is 5.75 Å². The van der Waals surface area contributed by atoms with E-state index in [-0.39, 0.29) is 12.3 Å². The summed E-state index contributed by atoms with van der Waals surface area (Å²) in [5, 5.41) is 0. The van der Waals surface area contributed by atoms with Gasteiger partial charge in [0.1, 0.15) is 5.75 Å². The summed E-state index contributed by atoms with van der Waals surface area (Å²) in [7, 11) is 0.156. The minimum absolute atomic E-state index is 0.0416. The van der Waals surface area contributed by atoms with Gasteiger partial charge in [-0.25, -0.2) is 13.1 Å². The number of carbonyl (C=O) groups excluding carboxylic acids is 1. The molecule has 1 aliphatic rings. The van der Waals surface area contributed by atoms with Gasteiger partial charge in [-0.1, -0.05) is 12.1 Å². The Hall–Kier alpha value is -1.64. The minimum atomic E-state index is -3.43. The van der Waals surface area contributed by atoms with Gasteiger partial charge in [-0.15, -0.1) is 0 Å². The zero-order chi connectivity index (χ0) is 17.7. The molecule has 0 aliphatic carbocycles. The van der Waals surface area contributed by atoms with Crippen LogP contribution >= 0.6 is 0 Å². The number of methoxy groups -OCH3 is 1. The topological polar surface area (TPSA) is 79.0 Å². The normalized spacial score (nSPS) is 17.5. The van der Waals surface area contributed by atoms with E-state index in [2.05, 4.69) is 9.62 Å². The maximum atomic E-state index is 12.5. The Balaban J connectivity index is 2.11. The number of nitrogens with one attached hydrogen (secondary N) is 1. The lowest BCUT2D eigenvalue weighted by atomic mass is 10.0. The molecule has 0 radical (unpaired) electrons. The molecule has 24 heavy (non-hydrogen) atoms. The van der Waals surface area contributed by atoms with Crippen LogP contribution in [0, 0.1) is 0 Å². The molecule has 1 heterocycles. The van der Waals surface area contributed by atoms with Crippen LogP contribution in [0.1, 0.15) is 18.0 Å². The van der Waals surface area contributed by atoms with Gasteiger partial charge in [0.15, 0.2) is 0 Å². The summed E-state index contributed by atoms with van der Waals surface area (Å²) in [5.74, 6) is 0.641. The van der Waals surface area contributed by atoms with Crippen molar-refractivity contribution >= 4 is 15.9 Å². The molecule has 0 spiro atoms. The van der Waals surface area contributed by atoms with Gasteiger partial charge in [-0.3, -0.25) is 4.79 Å². The van der Waals surface area contributed by atoms with Gasteiger partial charge >= 0.3 is 0 Å². The highest BCUT2D eigenvalue weighted by molar-refractivity contribution is 7.88. The molecule has 1 aromatic rings. The van der Waals surface area contributed by atoms with E-state index in [9.17, 15) is 13.2 Å². The van der Waals surface area contributed by atoms with Crippen LogP contribution in [-0.2, 0) is 14.8 Å². The van der Waals surface area contributed by atoms with Gasteiger partial charge in [-0.2, -0.15) is 0 Å². The van der Waals surface area contributed by atoms with Crippen LogP contribution in [0.5, 0.6) is 5.75 Å². The van der Waals surface area contributed by atoms with Crippen molar-refractivity contribution in [1.29, 1.82) is 0 Å². The molecule has 8 heteroatoms. The fourth-order valence-corrected chi connectivity index (χ4v) is 3.42. The Labute approximate surface area is 143 Å². The highest BCUT2D eigenvalue weighted by Gasteiger charge is 2.25. The lowest BCUT2D eigenvalue weighted by Crippen LogP contribution is -2.48. The number of nitrogens with zero attached hydrogens (tertiary/aromatic N) is 2. The number of hydrogen-bond acceptors (Lipinski definition) is 5. The number of rotatable bonds is 6. The van der Waals surface area contributed by atoms with Crippen LogP contribution in [0.25, 0.3) is 0 Å². The minimum Gasteiger partial charge on any atom is -0.497 e. The van der Waals surface area contributed by atoms with Crippen LogP contribution in [-0.4, -0.2) is 70.7 Å². The third-order valence-electron chi connectivity index (χ3n) is 4.11. The molecule has 1 unspecified atom stereocenters. The number of piperazine rings is 1. The molecule has 7 nitrogen and oxygen atoms in total. The van der Waals surface area contributed by atoms with Crippen LogP contribution in [0.2, 0.25) is 0 Å². The largest absolute Gasteiger partial charge is 0.497 e. The SMILES string of the molecule is COc1ccc(C(CC(=O)N2CCN(C)CC2)NS(C)(=O)=O)cc1. The number of ether oxygens (including phenoxy) is 1. The van der Waals surface area contributed by atoms with Gasteiger partial charge < -0.3 is 14.5 Å². The fourth-order valence-electron chi connectivity index (χ4n) is 2.68. The Morgan fingerprint density at radius 2 is 1.79 bits per heavy atom. The van der Waals surface area contributed by atoms with E-state index in [1.54, 1.807) is 36.3 Å². The molecule has 1 fully saturated rings. The van der Waals surface area contributed by atoms with E-state index in [0.29, 0.717) is 18.8 Å². The maximum absolute atomic E-state index is 12.5. The standard InChI is InChI=1S/C16H25N3O4S/c1-18-8-10-19(11-9-18)16(20)12-15(17-24(3,21)22)13-4-6-14(23-2)7-5-13/h4-7,15,17H,8-12H2,1-3H3. The van der Waals surface area contributed by atoms with Crippen molar-refractivity contribution in [2.75, 3.05) is 46.6 Å². The molecule has 1 aliphatic heterocycles. The lowest BCUT2D eigenvalue weighted by molar-refractivity contribution is -0.133. The van der Waals surface area contributed by atoms with E-state index < -0.39 is 16.1 Å². The predicted molar refractivity (Wildman–Crippen MR) is 92.4 cm³/mol. The van der Waals surface area contributed by atoms with E-state index in [1.807, 2.05) is 7.05 Å². The molecule has 0 bridgehead atoms. The lowest BCUT2D eigenvalue weighted by Gasteiger charge is -2.33. The third-order valence-corrected chi connectivity index (χ3v) is 4.82. The van der Waals surface area contributed by atoms with E-state index in [1.165, 1.54) is 0 Å². The molecule has 0 aromatic heterocycles. The molecule has 1 N–H and O–H groups in total. The monoisotopic (exact) mass is 355 g/mol. The second kappa shape index (κ2) is 7.96. The molecule has 0 saturated carbocycles. The van der Waals surface area contributed by atoms with Crippen molar-refractivity contribution in [2.24, 2.45) is 0 Å². The van der Waals surface area contributed by atoms with Crippen LogP contribution in [0.3, 0.4) is 0 Å². The molecule has 1 saturated heterocycles. The average molecular weight is 355 g/mol. The second-order valence-electron chi connectivity index (χ2n) is 6.10. The van der Waals surface area contributed by atoms with Crippen molar-refractivity contribution in [2.45, 2.75) is 12.5 Å². The average Bonchev–Trinajstić information content (AvgIpc) is 2.53. The van der Waals surface area contributed by atoms with E-state index >= 15 is 0 Å². The first-order valence-electron chi connectivity index (χ1n) is 7.86. The number of hydrogen-bond donors (Lipinski definition) is 1. The van der Waals surface area contributed by atoms with Crippen molar-refractivity contribution < 1.29 is 17.9 Å². The summed E-state index contributed by atoms with van der Waals surface area (Å²) < 4.78 is 31.0. The van der Waals surface area contributed by atoms with Crippen molar-refractivity contribution in [3.63, 3.8) is 0 Å². The van der Waals surface area contributed by atoms with Gasteiger partial charge in [-0.05, 0) is 24.7 Å². The highest BCUT2D eigenvalue weighted by atomic mass is 32.2. The number of benzene rings is 1. The summed E-state index contributed by atoms with van der Waals surface area (Å²) in [4.78, 5) is 16.5. The molecule has 1 aromatic carbocycles. The Morgan fingerprint density at radius 3 is 2.29 bits per heavy atom. The second-order valence-corrected chi connectivity index (χ2v) is 7.88. The van der Waals surface area contributed by atoms with Crippen molar-refractivity contribution in [3.05, 3.63) is 29.8 Å². The molecule has 1 atom stereocenters. The highest BCUT2D eigenvalue weighted by Crippen LogP contribution is 2.22. The molecule has 134 valence electrons. The zero-order valence-corrected chi connectivity index (χ0v) is 15.2. The smallest absolute Gasteiger partial charge is 0.224 e. The first-order valence-corrected chi connectivity index (χ1v) is 9.75. The van der Waals surface area contributed by atoms with Crippen LogP contribution < -0.4 is 9.46 Å². The number of sulfonamides is 1. The fraction of sp³-hybridized carbons (Fsp3) is 0.562. The van der Waals surface area contributed by atoms with Gasteiger partial charge in [0.2, 0.25) is 15.9 Å². The Kier molecular flexibility index (Phi) is 6.20.